The Morgan fingerprint density at radius 3 is 2.52 bits per heavy atom. The number of hydrogen-bond donors (Lipinski definition) is 0. The molecule has 0 aromatic heterocycles. The number of carbonyl (C=O) groups excluding carboxylic acids is 1. The zero-order valence-corrected chi connectivity index (χ0v) is 12.0. The first kappa shape index (κ1) is 15.0. The third-order valence-corrected chi connectivity index (χ3v) is 3.66. The van der Waals surface area contributed by atoms with Crippen molar-refractivity contribution in [1.82, 2.24) is 4.90 Å². The summed E-state index contributed by atoms with van der Waals surface area (Å²) in [6.07, 6.45) is 3.78. The average Bonchev–Trinajstić information content (AvgIpc) is 2.53. The highest BCUT2D eigenvalue weighted by Gasteiger charge is 2.32. The Kier molecular flexibility index (Phi) is 4.58. The van der Waals surface area contributed by atoms with Crippen molar-refractivity contribution in [2.24, 2.45) is 0 Å². The van der Waals surface area contributed by atoms with Crippen LogP contribution in [0.5, 0.6) is 0 Å². The maximum Gasteiger partial charge on any atom is 0.410 e. The highest BCUT2D eigenvalue weighted by atomic mass is 19.1. The summed E-state index contributed by atoms with van der Waals surface area (Å²) in [6, 6.07) is 5.77. The van der Waals surface area contributed by atoms with Gasteiger partial charge in [-0.05, 0) is 35.3 Å². The molecule has 1 aromatic rings. The van der Waals surface area contributed by atoms with Crippen LogP contribution in [0.2, 0.25) is 0 Å². The van der Waals surface area contributed by atoms with Crippen LogP contribution in [0.1, 0.15) is 18.0 Å². The van der Waals surface area contributed by atoms with Gasteiger partial charge in [0.05, 0.1) is 13.2 Å². The summed E-state index contributed by atoms with van der Waals surface area (Å²) in [4.78, 5) is 13.6. The van der Waals surface area contributed by atoms with E-state index >= 15 is 0 Å². The second-order valence-corrected chi connectivity index (χ2v) is 4.76. The Hall–Kier alpha value is -2.36. The van der Waals surface area contributed by atoms with Gasteiger partial charge in [-0.1, -0.05) is 37.4 Å². The fourth-order valence-corrected chi connectivity index (χ4v) is 2.64. The number of ether oxygens (including phenoxy) is 1. The van der Waals surface area contributed by atoms with Gasteiger partial charge in [0.15, 0.2) is 0 Å². The molecule has 0 fully saturated rings. The van der Waals surface area contributed by atoms with Gasteiger partial charge in [0.2, 0.25) is 0 Å². The Balaban J connectivity index is 2.54. The molecular weight excluding hydrogens is 269 g/mol. The van der Waals surface area contributed by atoms with Gasteiger partial charge in [0.1, 0.15) is 5.82 Å². The molecule has 1 atom stereocenters. The molecule has 2 rings (SSSR count). The van der Waals surface area contributed by atoms with Crippen molar-refractivity contribution in [1.29, 1.82) is 0 Å². The summed E-state index contributed by atoms with van der Waals surface area (Å²) < 4.78 is 18.0. The van der Waals surface area contributed by atoms with E-state index in [0.29, 0.717) is 13.0 Å². The van der Waals surface area contributed by atoms with Crippen LogP contribution < -0.4 is 0 Å². The van der Waals surface area contributed by atoms with Crippen molar-refractivity contribution in [3.05, 3.63) is 72.1 Å². The van der Waals surface area contributed by atoms with Gasteiger partial charge < -0.3 is 4.74 Å². The van der Waals surface area contributed by atoms with E-state index in [1.165, 1.54) is 19.2 Å². The van der Waals surface area contributed by atoms with Gasteiger partial charge in [-0.25, -0.2) is 9.18 Å². The maximum atomic E-state index is 13.1. The van der Waals surface area contributed by atoms with Crippen LogP contribution in [0, 0.1) is 5.82 Å². The first-order valence-electron chi connectivity index (χ1n) is 6.70. The predicted molar refractivity (Wildman–Crippen MR) is 80.3 cm³/mol. The lowest BCUT2D eigenvalue weighted by atomic mass is 9.88. The SMILES string of the molecule is C=CC1=C(C=C)[C@@H](c2ccc(F)cc2)N(C(=O)OC)CC1. The van der Waals surface area contributed by atoms with Crippen LogP contribution >= 0.6 is 0 Å². The molecule has 21 heavy (non-hydrogen) atoms. The van der Waals surface area contributed by atoms with E-state index in [1.54, 1.807) is 29.2 Å². The first-order chi connectivity index (χ1) is 10.1. The molecule has 0 saturated heterocycles. The number of carbonyl (C=O) groups is 1. The summed E-state index contributed by atoms with van der Waals surface area (Å²) in [5, 5.41) is 0. The highest BCUT2D eigenvalue weighted by molar-refractivity contribution is 5.70. The second kappa shape index (κ2) is 6.39. The average molecular weight is 287 g/mol. The number of hydrogen-bond acceptors (Lipinski definition) is 2. The van der Waals surface area contributed by atoms with Crippen LogP contribution in [0.15, 0.2) is 60.7 Å². The summed E-state index contributed by atoms with van der Waals surface area (Å²) in [6.45, 7) is 8.17. The summed E-state index contributed by atoms with van der Waals surface area (Å²) >= 11 is 0. The second-order valence-electron chi connectivity index (χ2n) is 4.76. The third kappa shape index (κ3) is 2.89. The van der Waals surface area contributed by atoms with E-state index in [2.05, 4.69) is 13.2 Å². The van der Waals surface area contributed by atoms with Crippen LogP contribution in [0.4, 0.5) is 9.18 Å². The smallest absolute Gasteiger partial charge is 0.410 e. The molecule has 0 spiro atoms. The molecule has 1 aliphatic heterocycles. The first-order valence-corrected chi connectivity index (χ1v) is 6.70. The van der Waals surface area contributed by atoms with Crippen LogP contribution in [0.3, 0.4) is 0 Å². The molecule has 0 aliphatic carbocycles. The van der Waals surface area contributed by atoms with E-state index in [0.717, 1.165) is 16.7 Å². The normalized spacial score (nSPS) is 18.4. The molecule has 3 nitrogen and oxygen atoms in total. The number of allylic oxidation sites excluding steroid dienone is 1. The van der Waals surface area contributed by atoms with Crippen molar-refractivity contribution in [2.75, 3.05) is 13.7 Å². The van der Waals surface area contributed by atoms with Crippen molar-refractivity contribution < 1.29 is 13.9 Å². The zero-order chi connectivity index (χ0) is 15.4. The van der Waals surface area contributed by atoms with Gasteiger partial charge in [-0.3, -0.25) is 4.90 Å². The Bertz CT molecular complexity index is 589. The highest BCUT2D eigenvalue weighted by Crippen LogP contribution is 2.37. The molecule has 0 unspecified atom stereocenters. The van der Waals surface area contributed by atoms with Crippen molar-refractivity contribution in [3.63, 3.8) is 0 Å². The summed E-state index contributed by atoms with van der Waals surface area (Å²) in [5.41, 5.74) is 2.75. The zero-order valence-electron chi connectivity index (χ0n) is 12.0. The van der Waals surface area contributed by atoms with E-state index < -0.39 is 6.09 Å². The lowest BCUT2D eigenvalue weighted by Gasteiger charge is -2.36. The van der Waals surface area contributed by atoms with E-state index in [-0.39, 0.29) is 11.9 Å². The monoisotopic (exact) mass is 287 g/mol. The lowest BCUT2D eigenvalue weighted by Crippen LogP contribution is -2.39. The quantitative estimate of drug-likeness (QED) is 0.840. The van der Waals surface area contributed by atoms with Gasteiger partial charge in [-0.15, -0.1) is 0 Å². The van der Waals surface area contributed by atoms with E-state index in [4.69, 9.17) is 4.74 Å². The molecule has 0 N–H and O–H groups in total. The Labute approximate surface area is 124 Å². The largest absolute Gasteiger partial charge is 0.453 e. The van der Waals surface area contributed by atoms with E-state index in [9.17, 15) is 9.18 Å². The minimum atomic E-state index is -0.410. The number of amides is 1. The number of methoxy groups -OCH3 is 1. The van der Waals surface area contributed by atoms with Gasteiger partial charge in [0.25, 0.3) is 0 Å². The molecular formula is C17H18FNO2. The Morgan fingerprint density at radius 1 is 1.33 bits per heavy atom. The van der Waals surface area contributed by atoms with Crippen molar-refractivity contribution in [3.8, 4) is 0 Å². The number of nitrogens with zero attached hydrogens (tertiary/aromatic N) is 1. The van der Waals surface area contributed by atoms with Gasteiger partial charge in [-0.2, -0.15) is 0 Å². The maximum absolute atomic E-state index is 13.1. The molecule has 0 saturated carbocycles. The molecule has 4 heteroatoms. The van der Waals surface area contributed by atoms with Gasteiger partial charge in [0, 0.05) is 6.54 Å². The van der Waals surface area contributed by atoms with Crippen LogP contribution in [0.25, 0.3) is 0 Å². The topological polar surface area (TPSA) is 29.5 Å². The molecule has 1 aliphatic rings. The van der Waals surface area contributed by atoms with Crippen LogP contribution in [-0.4, -0.2) is 24.6 Å². The van der Waals surface area contributed by atoms with Crippen LogP contribution in [-0.2, 0) is 4.74 Å². The van der Waals surface area contributed by atoms with Crippen molar-refractivity contribution in [2.45, 2.75) is 12.5 Å². The summed E-state index contributed by atoms with van der Waals surface area (Å²) in [7, 11) is 1.35. The van der Waals surface area contributed by atoms with Crippen molar-refractivity contribution >= 4 is 6.09 Å². The molecule has 1 amide bonds. The number of rotatable bonds is 3. The standard InChI is InChI=1S/C17H18FNO2/c1-4-12-10-11-19(17(20)21-3)16(15(12)5-2)13-6-8-14(18)9-7-13/h4-9,16H,1-2,10-11H2,3H3/t16-/m1/s1. The van der Waals surface area contributed by atoms with E-state index in [1.807, 2.05) is 0 Å². The lowest BCUT2D eigenvalue weighted by molar-refractivity contribution is 0.109. The molecule has 0 bridgehead atoms. The number of benzene rings is 1. The fourth-order valence-electron chi connectivity index (χ4n) is 2.64. The Morgan fingerprint density at radius 2 is 2.00 bits per heavy atom. The molecule has 1 heterocycles. The molecule has 110 valence electrons. The summed E-state index contributed by atoms with van der Waals surface area (Å²) in [5.74, 6) is -0.313. The van der Waals surface area contributed by atoms with Gasteiger partial charge >= 0.3 is 6.09 Å². The number of halogens is 1. The molecule has 1 aromatic carbocycles. The predicted octanol–water partition coefficient (Wildman–Crippen LogP) is 4.01. The minimum Gasteiger partial charge on any atom is -0.453 e. The fraction of sp³-hybridized carbons (Fsp3) is 0.235. The minimum absolute atomic E-state index is 0.313. The third-order valence-electron chi connectivity index (χ3n) is 3.66. The molecule has 0 radical (unpaired) electrons.